The van der Waals surface area contributed by atoms with E-state index in [9.17, 15) is 4.79 Å². The van der Waals surface area contributed by atoms with E-state index in [0.717, 1.165) is 22.0 Å². The summed E-state index contributed by atoms with van der Waals surface area (Å²) >= 11 is 6.23. The Bertz CT molecular complexity index is 1170. The first-order valence-electron chi connectivity index (χ1n) is 9.10. The number of halogens is 1. The number of H-pyrrole nitrogens is 1. The number of carbonyl (C=O) groups excluding carboxylic acids is 1. The number of hydrogen-bond donors (Lipinski definition) is 1. The maximum absolute atomic E-state index is 12.5. The number of nitrogens with one attached hydrogen (secondary N) is 1. The molecule has 1 aliphatic rings. The molecule has 0 bridgehead atoms. The van der Waals surface area contributed by atoms with Crippen molar-refractivity contribution in [2.24, 2.45) is 0 Å². The first kappa shape index (κ1) is 17.0. The van der Waals surface area contributed by atoms with Gasteiger partial charge in [-0.3, -0.25) is 4.79 Å². The molecule has 7 heteroatoms. The summed E-state index contributed by atoms with van der Waals surface area (Å²) in [6.45, 7) is 1.04. The molecule has 2 aromatic carbocycles. The topological polar surface area (TPSA) is 75.0 Å². The molecule has 5 rings (SSSR count). The Morgan fingerprint density at radius 2 is 2.07 bits per heavy atom. The van der Waals surface area contributed by atoms with E-state index in [-0.39, 0.29) is 11.8 Å². The van der Waals surface area contributed by atoms with E-state index in [1.807, 2.05) is 54.7 Å². The molecule has 1 N–H and O–H groups in total. The van der Waals surface area contributed by atoms with Gasteiger partial charge in [-0.05, 0) is 29.8 Å². The Kier molecular flexibility index (Phi) is 4.13. The van der Waals surface area contributed by atoms with E-state index in [0.29, 0.717) is 36.2 Å². The van der Waals surface area contributed by atoms with Crippen molar-refractivity contribution in [1.82, 2.24) is 20.0 Å². The molecule has 1 saturated heterocycles. The lowest BCUT2D eigenvalue weighted by Gasteiger charge is -2.16. The minimum Gasteiger partial charge on any atom is -0.361 e. The van der Waals surface area contributed by atoms with Gasteiger partial charge in [0.1, 0.15) is 0 Å². The third-order valence-corrected chi connectivity index (χ3v) is 5.53. The molecule has 1 fully saturated rings. The van der Waals surface area contributed by atoms with E-state index in [2.05, 4.69) is 15.1 Å². The van der Waals surface area contributed by atoms with Crippen molar-refractivity contribution in [2.75, 3.05) is 6.54 Å². The number of hydrogen-bond acceptors (Lipinski definition) is 4. The molecule has 0 radical (unpaired) electrons. The Hall–Kier alpha value is -3.12. The minimum atomic E-state index is -0.0853. The van der Waals surface area contributed by atoms with Gasteiger partial charge in [0.05, 0.1) is 0 Å². The van der Waals surface area contributed by atoms with Crippen LogP contribution in [0.2, 0.25) is 5.02 Å². The Morgan fingerprint density at radius 3 is 2.96 bits per heavy atom. The van der Waals surface area contributed by atoms with E-state index in [1.54, 1.807) is 4.90 Å². The summed E-state index contributed by atoms with van der Waals surface area (Å²) in [7, 11) is 0. The van der Waals surface area contributed by atoms with Crippen LogP contribution in [0.4, 0.5) is 0 Å². The lowest BCUT2D eigenvalue weighted by molar-refractivity contribution is -0.128. The molecule has 6 nitrogen and oxygen atoms in total. The minimum absolute atomic E-state index is 0.0732. The zero-order chi connectivity index (χ0) is 19.1. The summed E-state index contributed by atoms with van der Waals surface area (Å²) in [4.78, 5) is 22.1. The van der Waals surface area contributed by atoms with Gasteiger partial charge in [0.15, 0.2) is 5.82 Å². The number of aromatic amines is 1. The normalized spacial score (nSPS) is 17.0. The van der Waals surface area contributed by atoms with E-state index in [4.69, 9.17) is 16.1 Å². The van der Waals surface area contributed by atoms with Crippen molar-refractivity contribution in [3.8, 4) is 11.5 Å². The van der Waals surface area contributed by atoms with Gasteiger partial charge in [-0.15, -0.1) is 0 Å². The van der Waals surface area contributed by atoms with Crippen LogP contribution >= 0.6 is 11.6 Å². The zero-order valence-electron chi connectivity index (χ0n) is 14.9. The van der Waals surface area contributed by atoms with Gasteiger partial charge >= 0.3 is 0 Å². The fourth-order valence-corrected chi connectivity index (χ4v) is 3.91. The second-order valence-electron chi connectivity index (χ2n) is 6.97. The third-order valence-electron chi connectivity index (χ3n) is 5.17. The molecular weight excluding hydrogens is 376 g/mol. The number of amides is 1. The average molecular weight is 393 g/mol. The van der Waals surface area contributed by atoms with Crippen LogP contribution in [0.3, 0.4) is 0 Å². The Labute approximate surface area is 166 Å². The van der Waals surface area contributed by atoms with Crippen molar-refractivity contribution in [1.29, 1.82) is 0 Å². The fraction of sp³-hybridized carbons (Fsp3) is 0.190. The van der Waals surface area contributed by atoms with Gasteiger partial charge < -0.3 is 14.4 Å². The van der Waals surface area contributed by atoms with Crippen LogP contribution in [0, 0.1) is 0 Å². The van der Waals surface area contributed by atoms with Gasteiger partial charge in [-0.2, -0.15) is 4.98 Å². The van der Waals surface area contributed by atoms with Crippen LogP contribution < -0.4 is 0 Å². The van der Waals surface area contributed by atoms with Gasteiger partial charge in [-0.1, -0.05) is 41.0 Å². The molecular formula is C21H17ClN4O2. The van der Waals surface area contributed by atoms with Crippen LogP contribution in [-0.2, 0) is 11.3 Å². The number of benzene rings is 2. The summed E-state index contributed by atoms with van der Waals surface area (Å²) in [6, 6.07) is 15.5. The highest BCUT2D eigenvalue weighted by atomic mass is 35.5. The van der Waals surface area contributed by atoms with Crippen molar-refractivity contribution < 1.29 is 9.32 Å². The second-order valence-corrected chi connectivity index (χ2v) is 7.38. The number of fused-ring (bicyclic) bond motifs is 1. The maximum atomic E-state index is 12.5. The molecule has 1 aliphatic heterocycles. The highest BCUT2D eigenvalue weighted by Gasteiger charge is 2.34. The summed E-state index contributed by atoms with van der Waals surface area (Å²) in [5.41, 5.74) is 2.83. The number of nitrogens with zero attached hydrogens (tertiary/aromatic N) is 3. The summed E-state index contributed by atoms with van der Waals surface area (Å²) in [5.74, 6) is 1.02. The first-order valence-corrected chi connectivity index (χ1v) is 9.48. The largest absolute Gasteiger partial charge is 0.361 e. The Balaban J connectivity index is 1.37. The van der Waals surface area contributed by atoms with Crippen molar-refractivity contribution in [3.63, 3.8) is 0 Å². The molecule has 1 unspecified atom stereocenters. The van der Waals surface area contributed by atoms with E-state index >= 15 is 0 Å². The van der Waals surface area contributed by atoms with Crippen LogP contribution in [0.25, 0.3) is 22.4 Å². The SMILES string of the molecule is O=C1CC(c2noc(-c3cccc4[nH]ccc34)n2)CN1Cc1ccccc1Cl. The van der Waals surface area contributed by atoms with Crippen molar-refractivity contribution >= 4 is 28.4 Å². The quantitative estimate of drug-likeness (QED) is 0.559. The van der Waals surface area contributed by atoms with Crippen LogP contribution in [0.5, 0.6) is 0 Å². The lowest BCUT2D eigenvalue weighted by atomic mass is 10.1. The van der Waals surface area contributed by atoms with Gasteiger partial charge in [-0.25, -0.2) is 0 Å². The van der Waals surface area contributed by atoms with Gasteiger partial charge in [0.25, 0.3) is 5.89 Å². The fourth-order valence-electron chi connectivity index (χ4n) is 3.71. The van der Waals surface area contributed by atoms with Crippen LogP contribution in [0.15, 0.2) is 59.3 Å². The molecule has 140 valence electrons. The lowest BCUT2D eigenvalue weighted by Crippen LogP contribution is -2.24. The molecule has 0 spiro atoms. The summed E-state index contributed by atoms with van der Waals surface area (Å²) in [6.07, 6.45) is 2.26. The van der Waals surface area contributed by atoms with E-state index in [1.165, 1.54) is 0 Å². The van der Waals surface area contributed by atoms with Crippen molar-refractivity contribution in [3.05, 3.63) is 71.1 Å². The predicted molar refractivity (Wildman–Crippen MR) is 106 cm³/mol. The molecule has 2 aromatic heterocycles. The van der Waals surface area contributed by atoms with Crippen molar-refractivity contribution in [2.45, 2.75) is 18.9 Å². The predicted octanol–water partition coefficient (Wildman–Crippen LogP) is 4.39. The Morgan fingerprint density at radius 1 is 1.18 bits per heavy atom. The number of aromatic nitrogens is 3. The van der Waals surface area contributed by atoms with Gasteiger partial charge in [0.2, 0.25) is 5.91 Å². The first-order chi connectivity index (χ1) is 13.7. The molecule has 28 heavy (non-hydrogen) atoms. The highest BCUT2D eigenvalue weighted by molar-refractivity contribution is 6.31. The average Bonchev–Trinajstić information content (AvgIpc) is 3.43. The highest BCUT2D eigenvalue weighted by Crippen LogP contribution is 2.32. The number of carbonyl (C=O) groups is 1. The monoisotopic (exact) mass is 392 g/mol. The third kappa shape index (κ3) is 2.96. The second kappa shape index (κ2) is 6.80. The smallest absolute Gasteiger partial charge is 0.258 e. The molecule has 1 amide bonds. The standard InChI is InChI=1S/C21H17ClN4O2/c22-17-6-2-1-4-13(17)11-26-12-14(10-19(26)27)20-24-21(28-25-20)16-5-3-7-18-15(16)8-9-23-18/h1-9,14,23H,10-12H2. The molecule has 1 atom stereocenters. The molecule has 0 saturated carbocycles. The maximum Gasteiger partial charge on any atom is 0.258 e. The summed E-state index contributed by atoms with van der Waals surface area (Å²) in [5, 5.41) is 5.85. The number of likely N-dealkylation sites (tertiary alicyclic amines) is 1. The molecule has 4 aromatic rings. The van der Waals surface area contributed by atoms with Crippen LogP contribution in [-0.4, -0.2) is 32.5 Å². The van der Waals surface area contributed by atoms with Crippen LogP contribution in [0.1, 0.15) is 23.7 Å². The molecule has 3 heterocycles. The van der Waals surface area contributed by atoms with E-state index < -0.39 is 0 Å². The molecule has 0 aliphatic carbocycles. The number of rotatable bonds is 4. The summed E-state index contributed by atoms with van der Waals surface area (Å²) < 4.78 is 5.52. The van der Waals surface area contributed by atoms with Gasteiger partial charge in [0, 0.05) is 53.1 Å². The zero-order valence-corrected chi connectivity index (χ0v) is 15.7.